The highest BCUT2D eigenvalue weighted by Crippen LogP contribution is 2.39. The van der Waals surface area contributed by atoms with Gasteiger partial charge in [0.25, 0.3) is 0 Å². The molecular formula is C18H32N4O3. The number of carbonyl (C=O) groups is 1. The van der Waals surface area contributed by atoms with Crippen molar-refractivity contribution in [3.63, 3.8) is 0 Å². The van der Waals surface area contributed by atoms with E-state index < -0.39 is 0 Å². The summed E-state index contributed by atoms with van der Waals surface area (Å²) in [7, 11) is 3.49. The van der Waals surface area contributed by atoms with Crippen LogP contribution in [0.1, 0.15) is 45.4 Å². The van der Waals surface area contributed by atoms with Crippen LogP contribution in [0.2, 0.25) is 0 Å². The Labute approximate surface area is 150 Å². The molecule has 3 fully saturated rings. The lowest BCUT2D eigenvalue weighted by Gasteiger charge is -2.34. The van der Waals surface area contributed by atoms with Gasteiger partial charge in [-0.15, -0.1) is 0 Å². The topological polar surface area (TPSA) is 75.2 Å². The molecule has 1 amide bonds. The Hall–Kier alpha value is -1.34. The van der Waals surface area contributed by atoms with Crippen molar-refractivity contribution in [1.82, 2.24) is 15.5 Å². The van der Waals surface area contributed by atoms with Gasteiger partial charge in [0.2, 0.25) is 5.91 Å². The molecule has 2 saturated carbocycles. The van der Waals surface area contributed by atoms with Crippen molar-refractivity contribution in [2.75, 3.05) is 33.8 Å². The summed E-state index contributed by atoms with van der Waals surface area (Å²) in [6.45, 7) is 3.71. The van der Waals surface area contributed by atoms with Crippen LogP contribution in [0, 0.1) is 5.92 Å². The molecule has 3 rings (SSSR count). The van der Waals surface area contributed by atoms with Gasteiger partial charge >= 0.3 is 0 Å². The molecule has 2 aliphatic carbocycles. The van der Waals surface area contributed by atoms with Crippen LogP contribution in [-0.2, 0) is 14.3 Å². The predicted molar refractivity (Wildman–Crippen MR) is 96.3 cm³/mol. The number of rotatable bonds is 5. The lowest BCUT2D eigenvalue weighted by atomic mass is 9.86. The largest absolute Gasteiger partial charge is 0.354 e. The summed E-state index contributed by atoms with van der Waals surface area (Å²) in [5.41, 5.74) is 0. The van der Waals surface area contributed by atoms with E-state index in [2.05, 4.69) is 22.5 Å². The van der Waals surface area contributed by atoms with Gasteiger partial charge in [0.1, 0.15) is 12.6 Å². The van der Waals surface area contributed by atoms with Crippen molar-refractivity contribution in [1.29, 1.82) is 0 Å². The van der Waals surface area contributed by atoms with Crippen molar-refractivity contribution >= 4 is 11.9 Å². The van der Waals surface area contributed by atoms with Crippen molar-refractivity contribution in [3.05, 3.63) is 0 Å². The second kappa shape index (κ2) is 7.91. The summed E-state index contributed by atoms with van der Waals surface area (Å²) in [6.07, 6.45) is 6.67. The number of hydrogen-bond acceptors (Lipinski definition) is 4. The molecule has 0 aromatic carbocycles. The fraction of sp³-hybridized carbons (Fsp3) is 0.889. The van der Waals surface area contributed by atoms with Crippen LogP contribution in [0.4, 0.5) is 0 Å². The summed E-state index contributed by atoms with van der Waals surface area (Å²) < 4.78 is 12.2. The van der Waals surface area contributed by atoms with Gasteiger partial charge in [-0.2, -0.15) is 0 Å². The number of ether oxygens (including phenoxy) is 2. The second-order valence-electron chi connectivity index (χ2n) is 7.90. The van der Waals surface area contributed by atoms with Crippen molar-refractivity contribution in [2.24, 2.45) is 10.9 Å². The highest BCUT2D eigenvalue weighted by atomic mass is 16.7. The van der Waals surface area contributed by atoms with Crippen LogP contribution in [0.5, 0.6) is 0 Å². The van der Waals surface area contributed by atoms with Crippen LogP contribution in [0.15, 0.2) is 4.99 Å². The van der Waals surface area contributed by atoms with Gasteiger partial charge in [0, 0.05) is 39.5 Å². The van der Waals surface area contributed by atoms with Crippen LogP contribution < -0.4 is 10.6 Å². The van der Waals surface area contributed by atoms with E-state index in [1.807, 2.05) is 0 Å². The molecule has 1 atom stereocenters. The Bertz CT molecular complexity index is 497. The number of nitrogens with zero attached hydrogens (tertiary/aromatic N) is 2. The normalized spacial score (nSPS) is 32.7. The SMILES string of the molecule is CC1CCC2(CC1)OCC(CNC(=NCC(=O)N(C)C)NC1CC1)O2. The fourth-order valence-electron chi connectivity index (χ4n) is 3.25. The lowest BCUT2D eigenvalue weighted by Crippen LogP contribution is -2.44. The van der Waals surface area contributed by atoms with Gasteiger partial charge in [-0.05, 0) is 31.6 Å². The number of nitrogens with one attached hydrogen (secondary N) is 2. The molecule has 0 aromatic heterocycles. The summed E-state index contributed by atoms with van der Waals surface area (Å²) in [5.74, 6) is 1.10. The predicted octanol–water partition coefficient (Wildman–Crippen LogP) is 1.09. The molecule has 25 heavy (non-hydrogen) atoms. The van der Waals surface area contributed by atoms with Crippen molar-refractivity contribution in [3.8, 4) is 0 Å². The Morgan fingerprint density at radius 2 is 1.96 bits per heavy atom. The number of carbonyl (C=O) groups excluding carboxylic acids is 1. The fourth-order valence-corrected chi connectivity index (χ4v) is 3.25. The van der Waals surface area contributed by atoms with E-state index in [9.17, 15) is 4.79 Å². The number of likely N-dealkylation sites (N-methyl/N-ethyl adjacent to an activating group) is 1. The Kier molecular flexibility index (Phi) is 5.84. The monoisotopic (exact) mass is 352 g/mol. The van der Waals surface area contributed by atoms with E-state index in [0.717, 1.165) is 31.6 Å². The average molecular weight is 352 g/mol. The zero-order valence-electron chi connectivity index (χ0n) is 15.7. The maximum Gasteiger partial charge on any atom is 0.243 e. The molecule has 1 aliphatic heterocycles. The first kappa shape index (κ1) is 18.5. The minimum atomic E-state index is -0.360. The van der Waals surface area contributed by atoms with Crippen LogP contribution >= 0.6 is 0 Å². The minimum absolute atomic E-state index is 0.00683. The maximum atomic E-state index is 11.8. The zero-order chi connectivity index (χ0) is 17.9. The maximum absolute atomic E-state index is 11.8. The summed E-state index contributed by atoms with van der Waals surface area (Å²) in [6, 6.07) is 0.479. The third-order valence-corrected chi connectivity index (χ3v) is 5.24. The molecule has 1 spiro atoms. The molecule has 1 heterocycles. The van der Waals surface area contributed by atoms with E-state index in [0.29, 0.717) is 25.2 Å². The van der Waals surface area contributed by atoms with Crippen LogP contribution in [-0.4, -0.2) is 68.5 Å². The summed E-state index contributed by atoms with van der Waals surface area (Å²) in [5, 5.41) is 6.68. The molecule has 142 valence electrons. The first-order valence-corrected chi connectivity index (χ1v) is 9.52. The van der Waals surface area contributed by atoms with Crippen LogP contribution in [0.3, 0.4) is 0 Å². The van der Waals surface area contributed by atoms with Crippen molar-refractivity contribution in [2.45, 2.75) is 63.4 Å². The first-order valence-electron chi connectivity index (χ1n) is 9.52. The number of hydrogen-bond donors (Lipinski definition) is 2. The van der Waals surface area contributed by atoms with Gasteiger partial charge in [-0.1, -0.05) is 6.92 Å². The van der Waals surface area contributed by atoms with Crippen molar-refractivity contribution < 1.29 is 14.3 Å². The van der Waals surface area contributed by atoms with E-state index in [1.54, 1.807) is 19.0 Å². The van der Waals surface area contributed by atoms with Gasteiger partial charge < -0.3 is 25.0 Å². The van der Waals surface area contributed by atoms with E-state index in [4.69, 9.17) is 9.47 Å². The molecule has 1 saturated heterocycles. The molecule has 7 nitrogen and oxygen atoms in total. The second-order valence-corrected chi connectivity index (χ2v) is 7.90. The van der Waals surface area contributed by atoms with Gasteiger partial charge in [0.15, 0.2) is 11.7 Å². The number of guanidine groups is 1. The van der Waals surface area contributed by atoms with Gasteiger partial charge in [0.05, 0.1) is 6.61 Å². The highest BCUT2D eigenvalue weighted by Gasteiger charge is 2.43. The average Bonchev–Trinajstić information content (AvgIpc) is 3.32. The Morgan fingerprint density at radius 3 is 2.60 bits per heavy atom. The molecule has 0 bridgehead atoms. The number of aliphatic imine (C=N–C) groups is 1. The third-order valence-electron chi connectivity index (χ3n) is 5.24. The molecule has 7 heteroatoms. The molecule has 2 N–H and O–H groups in total. The van der Waals surface area contributed by atoms with E-state index >= 15 is 0 Å². The molecule has 3 aliphatic rings. The Morgan fingerprint density at radius 1 is 1.24 bits per heavy atom. The molecular weight excluding hydrogens is 320 g/mol. The lowest BCUT2D eigenvalue weighted by molar-refractivity contribution is -0.191. The Balaban J connectivity index is 1.47. The molecule has 0 radical (unpaired) electrons. The van der Waals surface area contributed by atoms with Gasteiger partial charge in [-0.25, -0.2) is 4.99 Å². The summed E-state index contributed by atoms with van der Waals surface area (Å²) >= 11 is 0. The van der Waals surface area contributed by atoms with Crippen LogP contribution in [0.25, 0.3) is 0 Å². The molecule has 0 aromatic rings. The smallest absolute Gasteiger partial charge is 0.243 e. The first-order chi connectivity index (χ1) is 12.0. The number of amides is 1. The standard InChI is InChI=1S/C18H32N4O3/c1-13-6-8-18(9-7-13)24-12-15(25-18)10-19-17(21-14-4-5-14)20-11-16(23)22(2)3/h13-15H,4-12H2,1-3H3,(H2,19,20,21). The van der Waals surface area contributed by atoms with E-state index in [1.165, 1.54) is 12.8 Å². The zero-order valence-corrected chi connectivity index (χ0v) is 15.7. The highest BCUT2D eigenvalue weighted by molar-refractivity contribution is 5.85. The van der Waals surface area contributed by atoms with Gasteiger partial charge in [-0.3, -0.25) is 4.79 Å². The minimum Gasteiger partial charge on any atom is -0.354 e. The third kappa shape index (κ3) is 5.31. The summed E-state index contributed by atoms with van der Waals surface area (Å²) in [4.78, 5) is 17.7. The van der Waals surface area contributed by atoms with E-state index in [-0.39, 0.29) is 24.3 Å². The quantitative estimate of drug-likeness (QED) is 0.572. The molecule has 1 unspecified atom stereocenters.